The molecule has 23 heavy (non-hydrogen) atoms. The smallest absolute Gasteiger partial charge is 0.317 e. The molecule has 0 aromatic heterocycles. The van der Waals surface area contributed by atoms with Gasteiger partial charge in [-0.1, -0.05) is 0 Å². The summed E-state index contributed by atoms with van der Waals surface area (Å²) in [6, 6.07) is -2.02. The van der Waals surface area contributed by atoms with Gasteiger partial charge in [-0.15, -0.1) is 4.99 Å². The lowest BCUT2D eigenvalue weighted by Crippen LogP contribution is -2.50. The van der Waals surface area contributed by atoms with Crippen molar-refractivity contribution in [3.63, 3.8) is 0 Å². The molecule has 0 aromatic rings. The highest BCUT2D eigenvalue weighted by atomic mass is 16.2. The topological polar surface area (TPSA) is 224 Å². The fourth-order valence-corrected chi connectivity index (χ4v) is 1.03. The Balaban J connectivity index is 3.86. The van der Waals surface area contributed by atoms with Crippen LogP contribution in [0.4, 0.5) is 14.4 Å². The number of primary amides is 2. The summed E-state index contributed by atoms with van der Waals surface area (Å²) < 4.78 is 0. The summed E-state index contributed by atoms with van der Waals surface area (Å²) in [5.74, 6) is 0.0923. The maximum atomic E-state index is 11.3. The predicted octanol–water partition coefficient (Wildman–Crippen LogP) is -3.94. The third kappa shape index (κ3) is 13.3. The molecule has 0 spiro atoms. The van der Waals surface area contributed by atoms with Gasteiger partial charge in [0.15, 0.2) is 0 Å². The van der Waals surface area contributed by atoms with Gasteiger partial charge in [-0.3, -0.25) is 5.32 Å². The van der Waals surface area contributed by atoms with Gasteiger partial charge in [0.2, 0.25) is 12.2 Å². The van der Waals surface area contributed by atoms with Gasteiger partial charge in [0.25, 0.3) is 0 Å². The minimum absolute atomic E-state index is 0.0462. The largest absolute Gasteiger partial charge is 0.352 e. The summed E-state index contributed by atoms with van der Waals surface area (Å²) in [5.41, 5.74) is 9.67. The van der Waals surface area contributed by atoms with E-state index in [9.17, 15) is 14.4 Å². The second kappa shape index (κ2) is 12.3. The number of hydrogen-bond donors (Lipinski definition) is 9. The van der Waals surface area contributed by atoms with Crippen molar-refractivity contribution >= 4 is 24.1 Å². The lowest BCUT2D eigenvalue weighted by molar-refractivity contribution is 0.237. The zero-order chi connectivity index (χ0) is 17.5. The Kier molecular flexibility index (Phi) is 10.4. The summed E-state index contributed by atoms with van der Waals surface area (Å²) in [5, 5.41) is 25.7. The van der Waals surface area contributed by atoms with Crippen molar-refractivity contribution in [2.75, 3.05) is 26.7 Å². The number of hydrogen-bond acceptors (Lipinski definition) is 6. The van der Waals surface area contributed by atoms with Crippen molar-refractivity contribution in [1.82, 2.24) is 37.2 Å². The van der Waals surface area contributed by atoms with Crippen molar-refractivity contribution < 1.29 is 14.4 Å². The van der Waals surface area contributed by atoms with Crippen LogP contribution in [0.15, 0.2) is 4.99 Å². The zero-order valence-electron chi connectivity index (χ0n) is 12.1. The molecule has 0 aliphatic heterocycles. The highest BCUT2D eigenvalue weighted by Crippen LogP contribution is 1.68. The van der Waals surface area contributed by atoms with E-state index < -0.39 is 18.1 Å². The van der Waals surface area contributed by atoms with Gasteiger partial charge in [0, 0.05) is 0 Å². The molecule has 0 bridgehead atoms. The first-order valence-corrected chi connectivity index (χ1v) is 6.19. The van der Waals surface area contributed by atoms with Gasteiger partial charge < -0.3 is 43.4 Å². The predicted molar refractivity (Wildman–Crippen MR) is 79.0 cm³/mol. The number of carbonyl (C=O) groups is 3. The standard InChI is InChI=1S/C9H19N11O3/c10-1-14-8(17-3-13-2-15-6(11)21)18-5-20-9(23)19-4-16-7(12)22/h13H,2-5H2,(H3,11,15,21)(H3,12,16,22)(H2,14,17,18)(H2,19,20,23). The summed E-state index contributed by atoms with van der Waals surface area (Å²) in [6.07, 6.45) is 1.57. The van der Waals surface area contributed by atoms with Crippen LogP contribution >= 0.6 is 0 Å². The molecule has 0 radical (unpaired) electrons. The average Bonchev–Trinajstić information content (AvgIpc) is 2.46. The number of nitriles is 1. The van der Waals surface area contributed by atoms with Crippen LogP contribution in [0.1, 0.15) is 0 Å². The monoisotopic (exact) mass is 329 g/mol. The highest BCUT2D eigenvalue weighted by Gasteiger charge is 2.01. The van der Waals surface area contributed by atoms with Gasteiger partial charge >= 0.3 is 18.1 Å². The minimum Gasteiger partial charge on any atom is -0.352 e. The highest BCUT2D eigenvalue weighted by molar-refractivity contribution is 5.81. The molecule has 0 heterocycles. The number of nitrogens with one attached hydrogen (secondary N) is 7. The van der Waals surface area contributed by atoms with Crippen molar-refractivity contribution in [1.29, 1.82) is 5.26 Å². The number of nitrogens with two attached hydrogens (primary N) is 2. The molecule has 14 nitrogen and oxygen atoms in total. The van der Waals surface area contributed by atoms with Crippen LogP contribution in [0.2, 0.25) is 0 Å². The van der Waals surface area contributed by atoms with Crippen molar-refractivity contribution in [2.45, 2.75) is 0 Å². The van der Waals surface area contributed by atoms with Crippen LogP contribution in [-0.2, 0) is 0 Å². The van der Waals surface area contributed by atoms with Crippen molar-refractivity contribution in [3.05, 3.63) is 0 Å². The number of aliphatic imine (C=N–C) groups is 1. The summed E-state index contributed by atoms with van der Waals surface area (Å²) in [7, 11) is 0. The molecule has 6 amide bonds. The fourth-order valence-electron chi connectivity index (χ4n) is 1.03. The second-order valence-electron chi connectivity index (χ2n) is 3.64. The molecule has 128 valence electrons. The second-order valence-corrected chi connectivity index (χ2v) is 3.64. The number of guanidine groups is 1. The van der Waals surface area contributed by atoms with Crippen molar-refractivity contribution in [3.8, 4) is 6.19 Å². The first-order chi connectivity index (χ1) is 11.0. The Morgan fingerprint density at radius 1 is 0.826 bits per heavy atom. The first kappa shape index (κ1) is 19.5. The number of amides is 6. The third-order valence-electron chi connectivity index (χ3n) is 1.95. The number of rotatable bonds is 8. The van der Waals surface area contributed by atoms with Crippen LogP contribution in [0, 0.1) is 11.5 Å². The Morgan fingerprint density at radius 3 is 1.87 bits per heavy atom. The Morgan fingerprint density at radius 2 is 1.30 bits per heavy atom. The van der Waals surface area contributed by atoms with E-state index >= 15 is 0 Å². The molecule has 0 saturated carbocycles. The Bertz CT molecular complexity index is 472. The normalized spacial score (nSPS) is 9.96. The van der Waals surface area contributed by atoms with Crippen LogP contribution in [0.25, 0.3) is 0 Å². The van der Waals surface area contributed by atoms with Gasteiger partial charge in [0.05, 0.1) is 26.7 Å². The minimum atomic E-state index is -0.769. The molecule has 0 fully saturated rings. The molecule has 0 atom stereocenters. The maximum absolute atomic E-state index is 11.3. The molecule has 0 aliphatic rings. The Hall–Kier alpha value is -3.47. The van der Waals surface area contributed by atoms with Gasteiger partial charge in [-0.05, 0) is 0 Å². The van der Waals surface area contributed by atoms with Crippen LogP contribution in [0.5, 0.6) is 0 Å². The number of carbonyl (C=O) groups excluding carboxylic acids is 3. The van der Waals surface area contributed by atoms with Crippen LogP contribution in [0.3, 0.4) is 0 Å². The molecule has 0 unspecified atom stereocenters. The van der Waals surface area contributed by atoms with Crippen molar-refractivity contribution in [2.24, 2.45) is 16.5 Å². The molecule has 0 aliphatic carbocycles. The molecule has 14 heteroatoms. The SMILES string of the molecule is N#C/N=C(\NCNCNC(N)=O)NCNC(=O)NCNC(N)=O. The molecule has 0 aromatic carbocycles. The van der Waals surface area contributed by atoms with E-state index in [1.54, 1.807) is 6.19 Å². The van der Waals surface area contributed by atoms with E-state index in [4.69, 9.17) is 16.7 Å². The molecular weight excluding hydrogens is 310 g/mol. The van der Waals surface area contributed by atoms with Gasteiger partial charge in [-0.25, -0.2) is 14.4 Å². The van der Waals surface area contributed by atoms with E-state index in [2.05, 4.69) is 42.2 Å². The van der Waals surface area contributed by atoms with Gasteiger partial charge in [0.1, 0.15) is 0 Å². The quantitative estimate of drug-likeness (QED) is 0.0705. The summed E-state index contributed by atoms with van der Waals surface area (Å²) in [4.78, 5) is 35.5. The van der Waals surface area contributed by atoms with E-state index in [0.717, 1.165) is 0 Å². The zero-order valence-corrected chi connectivity index (χ0v) is 12.1. The van der Waals surface area contributed by atoms with E-state index in [0.29, 0.717) is 0 Å². The van der Waals surface area contributed by atoms with Crippen LogP contribution < -0.4 is 48.7 Å². The molecular formula is C9H19N11O3. The molecule has 11 N–H and O–H groups in total. The lowest BCUT2D eigenvalue weighted by atomic mass is 10.7. The average molecular weight is 329 g/mol. The lowest BCUT2D eigenvalue weighted by Gasteiger charge is -2.13. The Labute approximate surface area is 131 Å². The molecule has 0 saturated heterocycles. The van der Waals surface area contributed by atoms with E-state index in [-0.39, 0.29) is 32.6 Å². The molecule has 0 rings (SSSR count). The van der Waals surface area contributed by atoms with Gasteiger partial charge in [-0.2, -0.15) is 5.26 Å². The van der Waals surface area contributed by atoms with E-state index in [1.807, 2.05) is 0 Å². The summed E-state index contributed by atoms with van der Waals surface area (Å²) in [6.45, 7) is 0.114. The maximum Gasteiger partial charge on any atom is 0.317 e. The summed E-state index contributed by atoms with van der Waals surface area (Å²) >= 11 is 0. The van der Waals surface area contributed by atoms with E-state index in [1.165, 1.54) is 0 Å². The number of urea groups is 3. The fraction of sp³-hybridized carbons (Fsp3) is 0.444. The van der Waals surface area contributed by atoms with Crippen LogP contribution in [-0.4, -0.2) is 50.7 Å². The number of nitrogens with zero attached hydrogens (tertiary/aromatic N) is 2. The third-order valence-corrected chi connectivity index (χ3v) is 1.95. The first-order valence-electron chi connectivity index (χ1n) is 6.19.